The van der Waals surface area contributed by atoms with Gasteiger partial charge in [-0.25, -0.2) is 9.59 Å². The number of amides is 1. The molecule has 6 nitrogen and oxygen atoms in total. The Labute approximate surface area is 101 Å². The van der Waals surface area contributed by atoms with Crippen molar-refractivity contribution in [3.05, 3.63) is 30.1 Å². The summed E-state index contributed by atoms with van der Waals surface area (Å²) in [7, 11) is 0. The van der Waals surface area contributed by atoms with Crippen LogP contribution in [-0.4, -0.2) is 44.0 Å². The highest BCUT2D eigenvalue weighted by Gasteiger charge is 2.42. The molecule has 1 aliphatic heterocycles. The maximum Gasteiger partial charge on any atom is 0.409 e. The fourth-order valence-electron chi connectivity index (χ4n) is 1.71. The Morgan fingerprint density at radius 1 is 1.47 bits per heavy atom. The molecule has 0 radical (unpaired) electrons. The van der Waals surface area contributed by atoms with Crippen LogP contribution in [0.2, 0.25) is 0 Å². The molecule has 1 saturated heterocycles. The second kappa shape index (κ2) is 4.62. The van der Waals surface area contributed by atoms with Gasteiger partial charge in [0.25, 0.3) is 0 Å². The van der Waals surface area contributed by atoms with Crippen LogP contribution in [0.15, 0.2) is 24.5 Å². The number of aromatic nitrogens is 1. The van der Waals surface area contributed by atoms with Gasteiger partial charge in [0.15, 0.2) is 0 Å². The Bertz CT molecular complexity index is 439. The summed E-state index contributed by atoms with van der Waals surface area (Å²) in [6.07, 6.45) is 1.91. The van der Waals surface area contributed by atoms with Crippen molar-refractivity contribution >= 4 is 23.8 Å². The molecule has 1 aromatic heterocycles. The monoisotopic (exact) mass is 254 g/mol. The first-order valence-electron chi connectivity index (χ1n) is 4.87. The van der Waals surface area contributed by atoms with E-state index >= 15 is 0 Å². The maximum absolute atomic E-state index is 11.1. The lowest BCUT2D eigenvalue weighted by Crippen LogP contribution is -2.42. The van der Waals surface area contributed by atoms with Gasteiger partial charge < -0.3 is 10.2 Å². The quantitative estimate of drug-likeness (QED) is 0.825. The highest BCUT2D eigenvalue weighted by atomic mass is 32.2. The van der Waals surface area contributed by atoms with Gasteiger partial charge in [-0.15, -0.1) is 11.8 Å². The molecular formula is C10H10N2O4S. The van der Waals surface area contributed by atoms with E-state index in [4.69, 9.17) is 10.2 Å². The second-order valence-corrected chi connectivity index (χ2v) is 4.63. The number of carbonyl (C=O) groups is 2. The first kappa shape index (κ1) is 11.7. The topological polar surface area (TPSA) is 90.7 Å². The summed E-state index contributed by atoms with van der Waals surface area (Å²) in [5.74, 6) is -0.868. The summed E-state index contributed by atoms with van der Waals surface area (Å²) < 4.78 is 0. The van der Waals surface area contributed by atoms with Crippen LogP contribution in [0.5, 0.6) is 0 Å². The minimum atomic E-state index is -1.23. The van der Waals surface area contributed by atoms with E-state index in [1.807, 2.05) is 0 Å². The molecule has 0 bridgehead atoms. The van der Waals surface area contributed by atoms with Gasteiger partial charge in [-0.2, -0.15) is 0 Å². The Balaban J connectivity index is 2.30. The van der Waals surface area contributed by atoms with Crippen LogP contribution in [-0.2, 0) is 4.79 Å². The molecule has 0 spiro atoms. The van der Waals surface area contributed by atoms with Crippen molar-refractivity contribution in [3.63, 3.8) is 0 Å². The van der Waals surface area contributed by atoms with Gasteiger partial charge in [-0.05, 0) is 6.07 Å². The zero-order valence-electron chi connectivity index (χ0n) is 8.68. The summed E-state index contributed by atoms with van der Waals surface area (Å²) in [4.78, 5) is 27.0. The fraction of sp³-hybridized carbons (Fsp3) is 0.300. The number of thioether (sulfide) groups is 1. The molecule has 2 N–H and O–H groups in total. The molecule has 2 rings (SSSR count). The van der Waals surface area contributed by atoms with Crippen molar-refractivity contribution in [3.8, 4) is 0 Å². The normalized spacial score (nSPS) is 23.6. The average molecular weight is 254 g/mol. The predicted molar refractivity (Wildman–Crippen MR) is 60.7 cm³/mol. The van der Waals surface area contributed by atoms with E-state index in [0.29, 0.717) is 5.56 Å². The number of rotatable bonds is 2. The van der Waals surface area contributed by atoms with Crippen molar-refractivity contribution in [2.45, 2.75) is 11.4 Å². The summed E-state index contributed by atoms with van der Waals surface area (Å²) in [5.41, 5.74) is 0.698. The summed E-state index contributed by atoms with van der Waals surface area (Å²) in [6, 6.07) is 2.44. The number of nitrogens with zero attached hydrogens (tertiary/aromatic N) is 2. The van der Waals surface area contributed by atoms with Crippen LogP contribution in [0.1, 0.15) is 10.9 Å². The van der Waals surface area contributed by atoms with Gasteiger partial charge in [0.1, 0.15) is 11.4 Å². The number of carboxylic acids is 1. The molecule has 1 amide bonds. The van der Waals surface area contributed by atoms with Gasteiger partial charge in [-0.1, -0.05) is 6.07 Å². The van der Waals surface area contributed by atoms with Crippen molar-refractivity contribution in [1.82, 2.24) is 9.88 Å². The second-order valence-electron chi connectivity index (χ2n) is 3.52. The average Bonchev–Trinajstić information content (AvgIpc) is 2.74. The van der Waals surface area contributed by atoms with Gasteiger partial charge in [0.05, 0.1) is 0 Å². The van der Waals surface area contributed by atoms with Gasteiger partial charge in [0, 0.05) is 23.7 Å². The Hall–Kier alpha value is -1.76. The lowest BCUT2D eigenvalue weighted by atomic mass is 10.2. The van der Waals surface area contributed by atoms with Crippen molar-refractivity contribution in [2.24, 2.45) is 0 Å². The van der Waals surface area contributed by atoms with E-state index < -0.39 is 23.5 Å². The molecule has 2 unspecified atom stereocenters. The van der Waals surface area contributed by atoms with E-state index in [-0.39, 0.29) is 5.75 Å². The van der Waals surface area contributed by atoms with E-state index in [1.165, 1.54) is 11.8 Å². The van der Waals surface area contributed by atoms with Crippen LogP contribution in [0.25, 0.3) is 0 Å². The SMILES string of the molecule is O=C(O)C1CSC(c2cccnc2)N1C(=O)O. The zero-order chi connectivity index (χ0) is 12.4. The standard InChI is InChI=1S/C10H10N2O4S/c13-9(14)7-5-17-8(12(7)10(15)16)6-2-1-3-11-4-6/h1-4,7-8H,5H2,(H,13,14)(H,15,16). The number of hydrogen-bond acceptors (Lipinski definition) is 4. The van der Waals surface area contributed by atoms with Crippen LogP contribution in [0, 0.1) is 0 Å². The highest BCUT2D eigenvalue weighted by Crippen LogP contribution is 2.40. The van der Waals surface area contributed by atoms with E-state index in [9.17, 15) is 9.59 Å². The van der Waals surface area contributed by atoms with E-state index in [2.05, 4.69) is 4.98 Å². The first-order chi connectivity index (χ1) is 8.11. The number of aliphatic carboxylic acids is 1. The van der Waals surface area contributed by atoms with Gasteiger partial charge >= 0.3 is 12.1 Å². The van der Waals surface area contributed by atoms with Gasteiger partial charge in [-0.3, -0.25) is 9.88 Å². The van der Waals surface area contributed by atoms with E-state index in [1.54, 1.807) is 24.5 Å². The Morgan fingerprint density at radius 3 is 2.76 bits per heavy atom. The minimum absolute atomic E-state index is 0.251. The molecule has 2 heterocycles. The third-order valence-corrected chi connectivity index (χ3v) is 3.80. The lowest BCUT2D eigenvalue weighted by molar-refractivity contribution is -0.141. The Morgan fingerprint density at radius 2 is 2.24 bits per heavy atom. The largest absolute Gasteiger partial charge is 0.480 e. The van der Waals surface area contributed by atoms with Crippen LogP contribution in [0.3, 0.4) is 0 Å². The molecule has 2 atom stereocenters. The summed E-state index contributed by atoms with van der Waals surface area (Å²) >= 11 is 1.29. The smallest absolute Gasteiger partial charge is 0.409 e. The molecule has 1 fully saturated rings. The Kier molecular flexibility index (Phi) is 3.19. The molecule has 1 aliphatic rings. The zero-order valence-corrected chi connectivity index (χ0v) is 9.50. The number of carboxylic acid groups (broad SMARTS) is 2. The third-order valence-electron chi connectivity index (χ3n) is 2.48. The molecule has 0 aliphatic carbocycles. The predicted octanol–water partition coefficient (Wildman–Crippen LogP) is 1.26. The molecular weight excluding hydrogens is 244 g/mol. The minimum Gasteiger partial charge on any atom is -0.480 e. The van der Waals surface area contributed by atoms with Crippen molar-refractivity contribution in [2.75, 3.05) is 5.75 Å². The van der Waals surface area contributed by atoms with Crippen LogP contribution >= 0.6 is 11.8 Å². The first-order valence-corrected chi connectivity index (χ1v) is 5.91. The summed E-state index contributed by atoms with van der Waals surface area (Å²) in [5, 5.41) is 17.6. The molecule has 0 aromatic carbocycles. The third kappa shape index (κ3) is 2.19. The molecule has 17 heavy (non-hydrogen) atoms. The van der Waals surface area contributed by atoms with Gasteiger partial charge in [0.2, 0.25) is 0 Å². The highest BCUT2D eigenvalue weighted by molar-refractivity contribution is 7.99. The molecule has 7 heteroatoms. The lowest BCUT2D eigenvalue weighted by Gasteiger charge is -2.23. The van der Waals surface area contributed by atoms with Crippen molar-refractivity contribution in [1.29, 1.82) is 0 Å². The number of pyridine rings is 1. The van der Waals surface area contributed by atoms with Crippen LogP contribution < -0.4 is 0 Å². The van der Waals surface area contributed by atoms with Crippen molar-refractivity contribution < 1.29 is 19.8 Å². The molecule has 0 saturated carbocycles. The number of hydrogen-bond donors (Lipinski definition) is 2. The maximum atomic E-state index is 11.1. The molecule has 90 valence electrons. The fourth-order valence-corrected chi connectivity index (χ4v) is 3.11. The summed E-state index contributed by atoms with van der Waals surface area (Å²) in [6.45, 7) is 0. The molecule has 1 aromatic rings. The van der Waals surface area contributed by atoms with E-state index in [0.717, 1.165) is 4.90 Å². The van der Waals surface area contributed by atoms with Crippen LogP contribution in [0.4, 0.5) is 4.79 Å².